The third kappa shape index (κ3) is 5.52. The number of aliphatic hydroxyl groups is 1. The number of hydrogen-bond acceptors (Lipinski definition) is 9. The lowest BCUT2D eigenvalue weighted by molar-refractivity contribution is -0.169. The van der Waals surface area contributed by atoms with Crippen molar-refractivity contribution < 1.29 is 19.4 Å². The number of aldehydes is 1. The molecule has 2 aromatic heterocycles. The molecule has 0 amide bonds. The number of nitrogens with zero attached hydrogens (tertiary/aromatic N) is 2. The molecule has 7 rings (SSSR count). The number of fused-ring (bicyclic) bond motifs is 3. The Labute approximate surface area is 266 Å². The van der Waals surface area contributed by atoms with E-state index in [4.69, 9.17) is 4.74 Å². The average molecular weight is 628 g/mol. The van der Waals surface area contributed by atoms with Gasteiger partial charge in [0.15, 0.2) is 0 Å². The number of ether oxygens (including phenoxy) is 1. The van der Waals surface area contributed by atoms with Crippen LogP contribution in [-0.2, 0) is 34.5 Å². The molecule has 3 aliphatic rings. The van der Waals surface area contributed by atoms with E-state index in [1.807, 2.05) is 53.9 Å². The summed E-state index contributed by atoms with van der Waals surface area (Å²) < 4.78 is 6.04. The van der Waals surface area contributed by atoms with Crippen molar-refractivity contribution in [1.29, 1.82) is 0 Å². The van der Waals surface area contributed by atoms with Crippen LogP contribution in [0.4, 0.5) is 5.69 Å². The van der Waals surface area contributed by atoms with Gasteiger partial charge < -0.3 is 19.8 Å². The normalized spacial score (nSPS) is 18.2. The number of carbonyl (C=O) groups is 2. The summed E-state index contributed by atoms with van der Waals surface area (Å²) in [6, 6.07) is 19.6. The van der Waals surface area contributed by atoms with Crippen molar-refractivity contribution in [2.24, 2.45) is 0 Å². The molecule has 0 radical (unpaired) electrons. The fraction of sp³-hybridized carbons (Fsp3) is 0.371. The van der Waals surface area contributed by atoms with Crippen molar-refractivity contribution >= 4 is 40.6 Å². The molecule has 7 nitrogen and oxygen atoms in total. The quantitative estimate of drug-likeness (QED) is 0.167. The summed E-state index contributed by atoms with van der Waals surface area (Å²) in [5, 5.41) is 16.1. The molecule has 2 aromatic carbocycles. The molecule has 0 spiro atoms. The van der Waals surface area contributed by atoms with E-state index < -0.39 is 11.6 Å². The molecule has 1 atom stereocenters. The number of carbonyl (C=O) groups excluding carboxylic acids is 2. The molecule has 4 heterocycles. The maximum Gasteiger partial charge on any atom is 0.349 e. The third-order valence-electron chi connectivity index (χ3n) is 9.20. The van der Waals surface area contributed by atoms with Gasteiger partial charge >= 0.3 is 5.97 Å². The minimum Gasteiger partial charge on any atom is -0.460 e. The van der Waals surface area contributed by atoms with Gasteiger partial charge in [-0.25, -0.2) is 10.2 Å². The molecule has 9 heteroatoms. The molecule has 4 aromatic rings. The summed E-state index contributed by atoms with van der Waals surface area (Å²) in [5.41, 5.74) is 8.77. The van der Waals surface area contributed by atoms with Crippen molar-refractivity contribution in [2.75, 3.05) is 31.2 Å². The van der Waals surface area contributed by atoms with Gasteiger partial charge in [0, 0.05) is 36.6 Å². The highest BCUT2D eigenvalue weighted by Crippen LogP contribution is 2.42. The van der Waals surface area contributed by atoms with Crippen LogP contribution < -0.4 is 10.4 Å². The highest BCUT2D eigenvalue weighted by molar-refractivity contribution is 7.16. The van der Waals surface area contributed by atoms with E-state index in [0.717, 1.165) is 93.5 Å². The topological polar surface area (TPSA) is 82.1 Å². The largest absolute Gasteiger partial charge is 0.460 e. The molecule has 1 fully saturated rings. The Hall–Kier alpha value is -3.34. The van der Waals surface area contributed by atoms with E-state index in [1.54, 1.807) is 6.07 Å². The zero-order valence-electron chi connectivity index (χ0n) is 24.7. The number of anilines is 1. The van der Waals surface area contributed by atoms with Crippen molar-refractivity contribution in [2.45, 2.75) is 56.8 Å². The second-order valence-electron chi connectivity index (χ2n) is 11.9. The zero-order valence-corrected chi connectivity index (χ0v) is 26.3. The van der Waals surface area contributed by atoms with Gasteiger partial charge in [0.1, 0.15) is 12.4 Å². The molecular formula is C35H37N3O4S2. The van der Waals surface area contributed by atoms with E-state index in [-0.39, 0.29) is 6.10 Å². The smallest absolute Gasteiger partial charge is 0.349 e. The van der Waals surface area contributed by atoms with Crippen molar-refractivity contribution in [3.05, 3.63) is 98.1 Å². The third-order valence-corrected chi connectivity index (χ3v) is 11.4. The number of likely N-dealkylation sites (tertiary alicyclic amines) is 1. The molecule has 228 valence electrons. The number of piperidine rings is 1. The van der Waals surface area contributed by atoms with Crippen molar-refractivity contribution in [3.8, 4) is 10.4 Å². The van der Waals surface area contributed by atoms with Crippen LogP contribution in [0.3, 0.4) is 0 Å². The summed E-state index contributed by atoms with van der Waals surface area (Å²) in [4.78, 5) is 29.9. The molecule has 44 heavy (non-hydrogen) atoms. The van der Waals surface area contributed by atoms with Crippen LogP contribution in [0.25, 0.3) is 10.4 Å². The first-order chi connectivity index (χ1) is 21.5. The van der Waals surface area contributed by atoms with Crippen LogP contribution >= 0.6 is 22.7 Å². The standard InChI is InChI=1S/C35H37N3O4S2/c39-23-26-21-25-22-36-38(33(25)29-10-4-9-28(26)29)17-6-16-37-18-14-27(15-19-37)42-34(40)35(41,31-11-5-20-43-31)32-13-12-30(44-32)24-7-2-1-3-8-24/h1-3,5,7-8,11-13,20-21,23,27,36,41H,4,6,9-10,14-19,22H2/t35-/m0/s1. The first kappa shape index (κ1) is 29.4. The zero-order chi connectivity index (χ0) is 30.1. The number of thiophene rings is 2. The predicted molar refractivity (Wildman–Crippen MR) is 175 cm³/mol. The number of hydrogen-bond donors (Lipinski definition) is 2. The summed E-state index contributed by atoms with van der Waals surface area (Å²) in [5.74, 6) is -0.594. The Kier molecular flexibility index (Phi) is 8.39. The summed E-state index contributed by atoms with van der Waals surface area (Å²) in [7, 11) is 0. The first-order valence-corrected chi connectivity index (χ1v) is 17.2. The summed E-state index contributed by atoms with van der Waals surface area (Å²) in [6.45, 7) is 4.37. The molecule has 0 saturated carbocycles. The minimum absolute atomic E-state index is 0.222. The van der Waals surface area contributed by atoms with Gasteiger partial charge in [0.2, 0.25) is 5.60 Å². The van der Waals surface area contributed by atoms with E-state index in [0.29, 0.717) is 9.75 Å². The second kappa shape index (κ2) is 12.6. The molecular weight excluding hydrogens is 591 g/mol. The van der Waals surface area contributed by atoms with Gasteiger partial charge in [0.25, 0.3) is 0 Å². The maximum absolute atomic E-state index is 13.7. The minimum atomic E-state index is -1.82. The highest BCUT2D eigenvalue weighted by Gasteiger charge is 2.45. The molecule has 2 N–H and O–H groups in total. The van der Waals surface area contributed by atoms with Crippen LogP contribution in [0.2, 0.25) is 0 Å². The predicted octanol–water partition coefficient (Wildman–Crippen LogP) is 5.94. The Morgan fingerprint density at radius 2 is 1.84 bits per heavy atom. The lowest BCUT2D eigenvalue weighted by Gasteiger charge is -2.34. The molecule has 1 saturated heterocycles. The van der Waals surface area contributed by atoms with Crippen LogP contribution in [0.1, 0.15) is 62.5 Å². The molecule has 0 bridgehead atoms. The SMILES string of the molecule is O=Cc1cc2c(c3c1CCC3)N(CCCN1CCC(OC(=O)[C@](O)(c3cccs3)c3ccc(-c4ccccc4)s3)CC1)NC2. The van der Waals surface area contributed by atoms with E-state index >= 15 is 0 Å². The lowest BCUT2D eigenvalue weighted by atomic mass is 9.98. The number of benzene rings is 2. The Bertz CT molecular complexity index is 1630. The number of rotatable bonds is 10. The fourth-order valence-corrected chi connectivity index (χ4v) is 8.92. The summed E-state index contributed by atoms with van der Waals surface area (Å²) >= 11 is 2.80. The van der Waals surface area contributed by atoms with Gasteiger partial charge in [-0.2, -0.15) is 0 Å². The van der Waals surface area contributed by atoms with E-state index in [9.17, 15) is 14.7 Å². The number of esters is 1. The summed E-state index contributed by atoms with van der Waals surface area (Å²) in [6.07, 6.45) is 6.47. The van der Waals surface area contributed by atoms with Crippen LogP contribution in [0.15, 0.2) is 66.0 Å². The molecule has 1 aliphatic carbocycles. The number of hydrazine groups is 1. The Balaban J connectivity index is 0.947. The van der Waals surface area contributed by atoms with Gasteiger partial charge in [-0.15, -0.1) is 22.7 Å². The van der Waals surface area contributed by atoms with Crippen LogP contribution in [-0.4, -0.2) is 54.5 Å². The molecule has 0 unspecified atom stereocenters. The van der Waals surface area contributed by atoms with Gasteiger partial charge in [-0.05, 0) is 97.0 Å². The van der Waals surface area contributed by atoms with Crippen LogP contribution in [0.5, 0.6) is 0 Å². The van der Waals surface area contributed by atoms with Gasteiger partial charge in [-0.3, -0.25) is 4.79 Å². The van der Waals surface area contributed by atoms with Crippen LogP contribution in [0, 0.1) is 0 Å². The maximum atomic E-state index is 13.7. The number of nitrogens with one attached hydrogen (secondary N) is 1. The van der Waals surface area contributed by atoms with E-state index in [1.165, 1.54) is 45.1 Å². The van der Waals surface area contributed by atoms with E-state index in [2.05, 4.69) is 21.4 Å². The lowest BCUT2D eigenvalue weighted by Crippen LogP contribution is -2.43. The Morgan fingerprint density at radius 3 is 2.61 bits per heavy atom. The van der Waals surface area contributed by atoms with Gasteiger partial charge in [0.05, 0.1) is 15.4 Å². The average Bonchev–Trinajstić information content (AvgIpc) is 3.88. The van der Waals surface area contributed by atoms with Gasteiger partial charge in [-0.1, -0.05) is 36.4 Å². The fourth-order valence-electron chi connectivity index (χ4n) is 6.92. The first-order valence-electron chi connectivity index (χ1n) is 15.5. The van der Waals surface area contributed by atoms with Crippen molar-refractivity contribution in [3.63, 3.8) is 0 Å². The monoisotopic (exact) mass is 627 g/mol. The highest BCUT2D eigenvalue weighted by atomic mass is 32.1. The molecule has 2 aliphatic heterocycles. The Morgan fingerprint density at radius 1 is 1.02 bits per heavy atom. The second-order valence-corrected chi connectivity index (χ2v) is 13.9. The van der Waals surface area contributed by atoms with Crippen molar-refractivity contribution in [1.82, 2.24) is 10.3 Å².